The van der Waals surface area contributed by atoms with E-state index in [0.717, 1.165) is 21.8 Å². The molecule has 0 bridgehead atoms. The number of methoxy groups -OCH3 is 3. The summed E-state index contributed by atoms with van der Waals surface area (Å²) in [6.45, 7) is 0. The number of carbonyl (C=O) groups is 1. The van der Waals surface area contributed by atoms with Crippen LogP contribution in [-0.4, -0.2) is 33.1 Å². The number of carbonyl (C=O) groups excluding carboxylic acids is 1. The van der Waals surface area contributed by atoms with Gasteiger partial charge in [-0.25, -0.2) is 0 Å². The predicted octanol–water partition coefficient (Wildman–Crippen LogP) is 4.70. The Balaban J connectivity index is 1.75. The van der Waals surface area contributed by atoms with Crippen LogP contribution in [0.3, 0.4) is 0 Å². The van der Waals surface area contributed by atoms with Gasteiger partial charge in [-0.15, -0.1) is 11.8 Å². The molecule has 3 rings (SSSR count). The summed E-state index contributed by atoms with van der Waals surface area (Å²) in [7, 11) is 4.73. The summed E-state index contributed by atoms with van der Waals surface area (Å²) in [6, 6.07) is 22.8. The van der Waals surface area contributed by atoms with E-state index in [1.54, 1.807) is 32.4 Å². The van der Waals surface area contributed by atoms with E-state index in [-0.39, 0.29) is 5.91 Å². The average molecular weight is 465 g/mol. The summed E-state index contributed by atoms with van der Waals surface area (Å²) in [6.07, 6.45) is 0.662. The first-order chi connectivity index (χ1) is 16.0. The van der Waals surface area contributed by atoms with E-state index in [4.69, 9.17) is 19.9 Å². The van der Waals surface area contributed by atoms with Gasteiger partial charge in [0.25, 0.3) is 5.91 Å². The standard InChI is InChI=1S/C26H28N2O4S/c1-30-21-12-9-19(10-13-21)25(27)24(15-18-7-5-4-6-8-18)33-17-28-26(29)20-11-14-22(31-2)23(16-20)32-3/h4-14,16H,15,17,27H2,1-3H3,(H,28,29)/b25-24-. The summed E-state index contributed by atoms with van der Waals surface area (Å²) in [4.78, 5) is 13.7. The van der Waals surface area contributed by atoms with Gasteiger partial charge in [0.2, 0.25) is 0 Å². The summed E-state index contributed by atoms with van der Waals surface area (Å²) >= 11 is 1.51. The lowest BCUT2D eigenvalue weighted by Crippen LogP contribution is -2.23. The quantitative estimate of drug-likeness (QED) is 0.423. The molecule has 3 aromatic rings. The lowest BCUT2D eigenvalue weighted by atomic mass is 10.1. The van der Waals surface area contributed by atoms with Crippen molar-refractivity contribution in [2.45, 2.75) is 6.42 Å². The van der Waals surface area contributed by atoms with Crippen LogP contribution in [0.1, 0.15) is 21.5 Å². The maximum Gasteiger partial charge on any atom is 0.252 e. The van der Waals surface area contributed by atoms with Crippen molar-refractivity contribution in [1.29, 1.82) is 0 Å². The predicted molar refractivity (Wildman–Crippen MR) is 134 cm³/mol. The fraction of sp³-hybridized carbons (Fsp3) is 0.192. The van der Waals surface area contributed by atoms with Crippen molar-refractivity contribution in [1.82, 2.24) is 5.32 Å². The smallest absolute Gasteiger partial charge is 0.252 e. The zero-order valence-corrected chi connectivity index (χ0v) is 19.8. The summed E-state index contributed by atoms with van der Waals surface area (Å²) < 4.78 is 15.8. The Hall–Kier alpha value is -3.58. The van der Waals surface area contributed by atoms with Crippen LogP contribution < -0.4 is 25.3 Å². The monoisotopic (exact) mass is 464 g/mol. The van der Waals surface area contributed by atoms with Crippen molar-refractivity contribution in [2.24, 2.45) is 5.73 Å². The molecule has 3 N–H and O–H groups in total. The molecule has 0 fully saturated rings. The highest BCUT2D eigenvalue weighted by atomic mass is 32.2. The van der Waals surface area contributed by atoms with Crippen LogP contribution in [0.5, 0.6) is 17.2 Å². The Morgan fingerprint density at radius 3 is 2.15 bits per heavy atom. The van der Waals surface area contributed by atoms with E-state index in [9.17, 15) is 4.79 Å². The molecule has 0 spiro atoms. The first kappa shape index (κ1) is 24.1. The number of benzene rings is 3. The van der Waals surface area contributed by atoms with Crippen molar-refractivity contribution in [3.63, 3.8) is 0 Å². The number of nitrogens with two attached hydrogens (primary N) is 1. The summed E-state index contributed by atoms with van der Waals surface area (Å²) in [5.41, 5.74) is 9.76. The number of thioether (sulfide) groups is 1. The highest BCUT2D eigenvalue weighted by molar-refractivity contribution is 8.03. The average Bonchev–Trinajstić information content (AvgIpc) is 2.87. The van der Waals surface area contributed by atoms with Crippen LogP contribution >= 0.6 is 11.8 Å². The third kappa shape index (κ3) is 6.46. The van der Waals surface area contributed by atoms with E-state index in [1.807, 2.05) is 42.5 Å². The molecule has 172 valence electrons. The molecule has 0 aliphatic heterocycles. The lowest BCUT2D eigenvalue weighted by molar-refractivity contribution is 0.0960. The van der Waals surface area contributed by atoms with E-state index in [0.29, 0.717) is 35.1 Å². The maximum atomic E-state index is 12.7. The number of nitrogens with one attached hydrogen (secondary N) is 1. The van der Waals surface area contributed by atoms with Gasteiger partial charge in [-0.2, -0.15) is 0 Å². The lowest BCUT2D eigenvalue weighted by Gasteiger charge is -2.14. The van der Waals surface area contributed by atoms with Crippen LogP contribution in [0, 0.1) is 0 Å². The van der Waals surface area contributed by atoms with Crippen LogP contribution in [0.25, 0.3) is 5.70 Å². The molecule has 0 saturated heterocycles. The second-order valence-electron chi connectivity index (χ2n) is 7.09. The Bertz CT molecular complexity index is 1100. The number of rotatable bonds is 10. The molecule has 0 saturated carbocycles. The van der Waals surface area contributed by atoms with Gasteiger partial charge in [-0.05, 0) is 53.6 Å². The van der Waals surface area contributed by atoms with Crippen molar-refractivity contribution in [2.75, 3.05) is 27.2 Å². The molecule has 3 aromatic carbocycles. The first-order valence-corrected chi connectivity index (χ1v) is 11.3. The molecular weight excluding hydrogens is 436 g/mol. The van der Waals surface area contributed by atoms with Gasteiger partial charge in [0.1, 0.15) is 5.75 Å². The summed E-state index contributed by atoms with van der Waals surface area (Å²) in [5, 5.41) is 2.95. The second kappa shape index (κ2) is 11.9. The van der Waals surface area contributed by atoms with E-state index in [2.05, 4.69) is 17.4 Å². The fourth-order valence-corrected chi connectivity index (χ4v) is 4.12. The first-order valence-electron chi connectivity index (χ1n) is 10.4. The zero-order chi connectivity index (χ0) is 23.6. The Morgan fingerprint density at radius 2 is 1.52 bits per heavy atom. The number of allylic oxidation sites excluding steroid dienone is 1. The Morgan fingerprint density at radius 1 is 0.848 bits per heavy atom. The molecule has 1 amide bonds. The van der Waals surface area contributed by atoms with Gasteiger partial charge in [0, 0.05) is 22.6 Å². The highest BCUT2D eigenvalue weighted by Gasteiger charge is 2.13. The SMILES string of the molecule is COc1ccc(/C(N)=C(\Cc2ccccc2)SCNC(=O)c2ccc(OC)c(OC)c2)cc1. The number of ether oxygens (including phenoxy) is 3. The van der Waals surface area contributed by atoms with Gasteiger partial charge < -0.3 is 25.3 Å². The topological polar surface area (TPSA) is 82.8 Å². The minimum atomic E-state index is -0.203. The number of hydrogen-bond acceptors (Lipinski definition) is 6. The largest absolute Gasteiger partial charge is 0.497 e. The molecule has 0 heterocycles. The molecule has 0 atom stereocenters. The second-order valence-corrected chi connectivity index (χ2v) is 8.16. The van der Waals surface area contributed by atoms with Gasteiger partial charge in [0.05, 0.1) is 27.2 Å². The van der Waals surface area contributed by atoms with Crippen molar-refractivity contribution in [3.8, 4) is 17.2 Å². The number of hydrogen-bond donors (Lipinski definition) is 2. The van der Waals surface area contributed by atoms with E-state index >= 15 is 0 Å². The Labute approximate surface area is 198 Å². The van der Waals surface area contributed by atoms with Crippen molar-refractivity contribution in [3.05, 3.63) is 94.4 Å². The molecule has 33 heavy (non-hydrogen) atoms. The molecule has 0 aliphatic carbocycles. The maximum absolute atomic E-state index is 12.7. The van der Waals surface area contributed by atoms with Gasteiger partial charge >= 0.3 is 0 Å². The minimum absolute atomic E-state index is 0.203. The van der Waals surface area contributed by atoms with Gasteiger partial charge in [-0.3, -0.25) is 4.79 Å². The van der Waals surface area contributed by atoms with Gasteiger partial charge in [-0.1, -0.05) is 30.3 Å². The Kier molecular flexibility index (Phi) is 8.66. The minimum Gasteiger partial charge on any atom is -0.497 e. The molecule has 6 nitrogen and oxygen atoms in total. The zero-order valence-electron chi connectivity index (χ0n) is 19.0. The fourth-order valence-electron chi connectivity index (χ4n) is 3.21. The molecule has 0 radical (unpaired) electrons. The van der Waals surface area contributed by atoms with Crippen molar-refractivity contribution >= 4 is 23.4 Å². The third-order valence-electron chi connectivity index (χ3n) is 5.03. The van der Waals surface area contributed by atoms with Crippen LogP contribution in [0.2, 0.25) is 0 Å². The molecule has 7 heteroatoms. The highest BCUT2D eigenvalue weighted by Crippen LogP contribution is 2.29. The summed E-state index contributed by atoms with van der Waals surface area (Å²) in [5.74, 6) is 2.01. The van der Waals surface area contributed by atoms with E-state index in [1.165, 1.54) is 18.9 Å². The normalized spacial score (nSPS) is 11.4. The molecule has 0 aromatic heterocycles. The molecule has 0 unspecified atom stereocenters. The van der Waals surface area contributed by atoms with Crippen molar-refractivity contribution < 1.29 is 19.0 Å². The number of amides is 1. The molecular formula is C26H28N2O4S. The molecule has 0 aliphatic rings. The van der Waals surface area contributed by atoms with Crippen LogP contribution in [0.4, 0.5) is 0 Å². The van der Waals surface area contributed by atoms with Crippen LogP contribution in [0.15, 0.2) is 77.7 Å². The van der Waals surface area contributed by atoms with Crippen LogP contribution in [-0.2, 0) is 6.42 Å². The van der Waals surface area contributed by atoms with E-state index < -0.39 is 0 Å². The van der Waals surface area contributed by atoms with Gasteiger partial charge in [0.15, 0.2) is 11.5 Å². The third-order valence-corrected chi connectivity index (χ3v) is 6.04.